The van der Waals surface area contributed by atoms with E-state index in [4.69, 9.17) is 5.11 Å². The summed E-state index contributed by atoms with van der Waals surface area (Å²) in [7, 11) is 0. The van der Waals surface area contributed by atoms with Gasteiger partial charge < -0.3 is 10.4 Å². The van der Waals surface area contributed by atoms with Gasteiger partial charge in [-0.15, -0.1) is 0 Å². The maximum atomic E-state index is 12.2. The molecule has 1 aromatic rings. The van der Waals surface area contributed by atoms with Crippen LogP contribution in [0.2, 0.25) is 0 Å². The average molecular weight is 297 g/mol. The number of halogens is 2. The van der Waals surface area contributed by atoms with E-state index in [9.17, 15) is 18.4 Å². The second-order valence-electron chi connectivity index (χ2n) is 5.30. The van der Waals surface area contributed by atoms with Gasteiger partial charge >= 0.3 is 5.97 Å². The number of aliphatic carboxylic acids is 1. The molecule has 1 aliphatic rings. The molecule has 0 aliphatic heterocycles. The van der Waals surface area contributed by atoms with E-state index in [2.05, 4.69) is 5.32 Å². The lowest BCUT2D eigenvalue weighted by atomic mass is 10.1. The van der Waals surface area contributed by atoms with E-state index in [0.717, 1.165) is 12.0 Å². The Hall–Kier alpha value is -1.98. The van der Waals surface area contributed by atoms with Crippen LogP contribution in [0.25, 0.3) is 0 Å². The largest absolute Gasteiger partial charge is 0.480 e. The maximum absolute atomic E-state index is 12.2. The quantitative estimate of drug-likeness (QED) is 0.812. The summed E-state index contributed by atoms with van der Waals surface area (Å²) in [6.45, 7) is 0. The monoisotopic (exact) mass is 297 g/mol. The van der Waals surface area contributed by atoms with E-state index in [0.29, 0.717) is 5.92 Å². The molecule has 6 heteroatoms. The van der Waals surface area contributed by atoms with Crippen molar-refractivity contribution in [3.05, 3.63) is 35.9 Å². The Morgan fingerprint density at radius 1 is 1.29 bits per heavy atom. The van der Waals surface area contributed by atoms with E-state index < -0.39 is 30.8 Å². The highest BCUT2D eigenvalue weighted by molar-refractivity contribution is 5.83. The Bertz CT molecular complexity index is 507. The van der Waals surface area contributed by atoms with Crippen molar-refractivity contribution in [1.29, 1.82) is 0 Å². The number of carbonyl (C=O) groups excluding carboxylic acids is 1. The predicted octanol–water partition coefficient (Wildman–Crippen LogP) is 2.40. The molecule has 4 nitrogen and oxygen atoms in total. The molecule has 0 bridgehead atoms. The number of alkyl halides is 2. The third-order valence-electron chi connectivity index (χ3n) is 3.65. The lowest BCUT2D eigenvalue weighted by Gasteiger charge is -2.13. The van der Waals surface area contributed by atoms with Gasteiger partial charge in [0.05, 0.1) is 0 Å². The van der Waals surface area contributed by atoms with Crippen molar-refractivity contribution in [3.8, 4) is 0 Å². The Morgan fingerprint density at radius 2 is 1.95 bits per heavy atom. The number of hydrogen-bond donors (Lipinski definition) is 2. The van der Waals surface area contributed by atoms with Crippen molar-refractivity contribution >= 4 is 11.9 Å². The number of nitrogens with one attached hydrogen (secondary N) is 1. The Balaban J connectivity index is 1.81. The third-order valence-corrected chi connectivity index (χ3v) is 3.65. The normalized spacial score (nSPS) is 21.9. The highest BCUT2D eigenvalue weighted by atomic mass is 19.3. The first-order chi connectivity index (χ1) is 9.97. The summed E-state index contributed by atoms with van der Waals surface area (Å²) in [5, 5.41) is 11.0. The molecule has 1 aliphatic carbocycles. The summed E-state index contributed by atoms with van der Waals surface area (Å²) in [5.74, 6) is -1.45. The molecule has 0 spiro atoms. The zero-order chi connectivity index (χ0) is 15.4. The lowest BCUT2D eigenvalue weighted by Crippen LogP contribution is -2.42. The van der Waals surface area contributed by atoms with Crippen LogP contribution in [0.15, 0.2) is 30.3 Å². The van der Waals surface area contributed by atoms with E-state index >= 15 is 0 Å². The van der Waals surface area contributed by atoms with Crippen molar-refractivity contribution in [3.63, 3.8) is 0 Å². The van der Waals surface area contributed by atoms with Gasteiger partial charge in [0.1, 0.15) is 6.04 Å². The number of rotatable bonds is 7. The van der Waals surface area contributed by atoms with Crippen LogP contribution in [0.3, 0.4) is 0 Å². The molecule has 0 radical (unpaired) electrons. The number of hydrogen-bond acceptors (Lipinski definition) is 2. The molecule has 1 unspecified atom stereocenters. The van der Waals surface area contributed by atoms with Crippen LogP contribution in [0.1, 0.15) is 30.7 Å². The highest BCUT2D eigenvalue weighted by Crippen LogP contribution is 2.49. The zero-order valence-electron chi connectivity index (χ0n) is 11.3. The molecular formula is C15H17F2NO3. The van der Waals surface area contributed by atoms with E-state index in [1.165, 1.54) is 0 Å². The second kappa shape index (κ2) is 6.65. The molecule has 1 saturated carbocycles. The molecule has 1 fully saturated rings. The number of amides is 1. The van der Waals surface area contributed by atoms with Crippen LogP contribution < -0.4 is 5.32 Å². The minimum absolute atomic E-state index is 0.161. The smallest absolute Gasteiger partial charge is 0.326 e. The SMILES string of the molecule is O=C(C[C@@H]1C[C@H]1c1ccccc1)NC(CC(F)F)C(=O)O. The molecule has 21 heavy (non-hydrogen) atoms. The van der Waals surface area contributed by atoms with Crippen molar-refractivity contribution in [2.75, 3.05) is 0 Å². The van der Waals surface area contributed by atoms with E-state index in [1.807, 2.05) is 30.3 Å². The summed E-state index contributed by atoms with van der Waals surface area (Å²) in [5.41, 5.74) is 1.15. The van der Waals surface area contributed by atoms with E-state index in [1.54, 1.807) is 0 Å². The number of benzene rings is 1. The van der Waals surface area contributed by atoms with Gasteiger partial charge in [-0.3, -0.25) is 4.79 Å². The minimum atomic E-state index is -2.76. The van der Waals surface area contributed by atoms with Gasteiger partial charge in [0.2, 0.25) is 12.3 Å². The predicted molar refractivity (Wildman–Crippen MR) is 72.1 cm³/mol. The van der Waals surface area contributed by atoms with Crippen LogP contribution in [0.4, 0.5) is 8.78 Å². The average Bonchev–Trinajstić information content (AvgIpc) is 3.17. The fourth-order valence-electron chi connectivity index (χ4n) is 2.47. The summed E-state index contributed by atoms with van der Waals surface area (Å²) < 4.78 is 24.5. The zero-order valence-corrected chi connectivity index (χ0v) is 11.3. The van der Waals surface area contributed by atoms with Gasteiger partial charge in [0, 0.05) is 12.8 Å². The number of carboxylic acid groups (broad SMARTS) is 1. The van der Waals surface area contributed by atoms with Gasteiger partial charge in [0.15, 0.2) is 0 Å². The molecule has 1 amide bonds. The van der Waals surface area contributed by atoms with Crippen molar-refractivity contribution in [2.24, 2.45) is 5.92 Å². The van der Waals surface area contributed by atoms with Crippen LogP contribution in [0, 0.1) is 5.92 Å². The van der Waals surface area contributed by atoms with Crippen molar-refractivity contribution in [2.45, 2.75) is 37.6 Å². The van der Waals surface area contributed by atoms with Crippen LogP contribution in [-0.4, -0.2) is 29.5 Å². The van der Waals surface area contributed by atoms with Gasteiger partial charge in [-0.25, -0.2) is 13.6 Å². The van der Waals surface area contributed by atoms with Crippen molar-refractivity contribution in [1.82, 2.24) is 5.32 Å². The molecule has 0 saturated heterocycles. The fraction of sp³-hybridized carbons (Fsp3) is 0.467. The first-order valence-corrected chi connectivity index (χ1v) is 6.82. The molecule has 3 atom stereocenters. The molecular weight excluding hydrogens is 280 g/mol. The van der Waals surface area contributed by atoms with Crippen LogP contribution in [0.5, 0.6) is 0 Å². The van der Waals surface area contributed by atoms with E-state index in [-0.39, 0.29) is 12.3 Å². The topological polar surface area (TPSA) is 66.4 Å². The van der Waals surface area contributed by atoms with Gasteiger partial charge in [-0.05, 0) is 23.8 Å². The number of carboxylic acids is 1. The molecule has 114 valence electrons. The summed E-state index contributed by atoms with van der Waals surface area (Å²) >= 11 is 0. The first kappa shape index (κ1) is 15.4. The summed E-state index contributed by atoms with van der Waals surface area (Å²) in [6, 6.07) is 8.21. The summed E-state index contributed by atoms with van der Waals surface area (Å²) in [4.78, 5) is 22.6. The van der Waals surface area contributed by atoms with Gasteiger partial charge in [0.25, 0.3) is 0 Å². The molecule has 1 aromatic carbocycles. The third kappa shape index (κ3) is 4.51. The second-order valence-corrected chi connectivity index (χ2v) is 5.30. The highest BCUT2D eigenvalue weighted by Gasteiger charge is 2.39. The fourth-order valence-corrected chi connectivity index (χ4v) is 2.47. The Labute approximate surface area is 121 Å². The molecule has 2 rings (SSSR count). The van der Waals surface area contributed by atoms with Crippen molar-refractivity contribution < 1.29 is 23.5 Å². The standard InChI is InChI=1S/C15H17F2NO3/c16-13(17)8-12(15(20)21)18-14(19)7-10-6-11(10)9-4-2-1-3-5-9/h1-5,10-13H,6-8H2,(H,18,19)(H,20,21)/t10-,11-,12?/m0/s1. The lowest BCUT2D eigenvalue weighted by molar-refractivity contribution is -0.143. The van der Waals surface area contributed by atoms with Gasteiger partial charge in [-0.2, -0.15) is 0 Å². The van der Waals surface area contributed by atoms with Crippen LogP contribution >= 0.6 is 0 Å². The van der Waals surface area contributed by atoms with Crippen LogP contribution in [-0.2, 0) is 9.59 Å². The molecule has 0 aromatic heterocycles. The maximum Gasteiger partial charge on any atom is 0.326 e. The molecule has 0 heterocycles. The Kier molecular flexibility index (Phi) is 4.88. The Morgan fingerprint density at radius 3 is 2.52 bits per heavy atom. The number of carbonyl (C=O) groups is 2. The molecule has 2 N–H and O–H groups in total. The first-order valence-electron chi connectivity index (χ1n) is 6.82. The minimum Gasteiger partial charge on any atom is -0.480 e. The summed E-state index contributed by atoms with van der Waals surface area (Å²) in [6.07, 6.45) is -2.59. The van der Waals surface area contributed by atoms with Gasteiger partial charge in [-0.1, -0.05) is 30.3 Å².